The molecule has 4 aromatic rings. The summed E-state index contributed by atoms with van der Waals surface area (Å²) >= 11 is 0. The van der Waals surface area contributed by atoms with Gasteiger partial charge in [-0.2, -0.15) is 14.5 Å². The maximum atomic E-state index is 12.3. The molecular formula is C21H22N6O3. The lowest BCUT2D eigenvalue weighted by Gasteiger charge is -2.15. The van der Waals surface area contributed by atoms with Gasteiger partial charge in [-0.05, 0) is 52.7 Å². The smallest absolute Gasteiger partial charge is 0.368 e. The molecule has 2 aromatic carbocycles. The minimum atomic E-state index is -0.346. The number of rotatable bonds is 6. The zero-order valence-electron chi connectivity index (χ0n) is 17.2. The summed E-state index contributed by atoms with van der Waals surface area (Å²) in [5.41, 5.74) is 4.03. The Hall–Kier alpha value is -3.88. The van der Waals surface area contributed by atoms with Gasteiger partial charge in [0.1, 0.15) is 18.1 Å². The number of tetrazole rings is 1. The molecule has 30 heavy (non-hydrogen) atoms. The molecule has 2 heterocycles. The summed E-state index contributed by atoms with van der Waals surface area (Å²) in [5, 5.41) is 11.9. The molecule has 0 fully saturated rings. The van der Waals surface area contributed by atoms with Crippen molar-refractivity contribution in [2.45, 2.75) is 13.5 Å². The molecule has 154 valence electrons. The van der Waals surface area contributed by atoms with E-state index in [9.17, 15) is 4.79 Å². The lowest BCUT2D eigenvalue weighted by atomic mass is 10.1. The largest absolute Gasteiger partial charge is 0.496 e. The van der Waals surface area contributed by atoms with E-state index in [1.807, 2.05) is 44.6 Å². The van der Waals surface area contributed by atoms with E-state index in [0.717, 1.165) is 22.4 Å². The van der Waals surface area contributed by atoms with Gasteiger partial charge in [-0.25, -0.2) is 4.79 Å². The van der Waals surface area contributed by atoms with E-state index in [4.69, 9.17) is 9.47 Å². The minimum absolute atomic E-state index is 0.204. The summed E-state index contributed by atoms with van der Waals surface area (Å²) in [7, 11) is 5.02. The van der Waals surface area contributed by atoms with Crippen LogP contribution < -0.4 is 15.2 Å². The summed E-state index contributed by atoms with van der Waals surface area (Å²) in [6, 6.07) is 11.4. The van der Waals surface area contributed by atoms with E-state index in [2.05, 4.69) is 21.6 Å². The monoisotopic (exact) mass is 406 g/mol. The number of nitrogens with zero attached hydrogens (tertiary/aromatic N) is 6. The first-order chi connectivity index (χ1) is 14.5. The zero-order valence-corrected chi connectivity index (χ0v) is 17.2. The van der Waals surface area contributed by atoms with Crippen LogP contribution in [0.25, 0.3) is 16.8 Å². The highest BCUT2D eigenvalue weighted by atomic mass is 16.5. The van der Waals surface area contributed by atoms with Crippen molar-refractivity contribution < 1.29 is 9.47 Å². The third-order valence-electron chi connectivity index (χ3n) is 4.86. The van der Waals surface area contributed by atoms with Gasteiger partial charge in [-0.15, -0.1) is 0 Å². The highest BCUT2D eigenvalue weighted by Gasteiger charge is 2.16. The van der Waals surface area contributed by atoms with Crippen molar-refractivity contribution in [3.8, 4) is 28.3 Å². The predicted octanol–water partition coefficient (Wildman–Crippen LogP) is 2.26. The maximum Gasteiger partial charge on any atom is 0.368 e. The first kappa shape index (κ1) is 19.4. The Labute approximate surface area is 173 Å². The van der Waals surface area contributed by atoms with Gasteiger partial charge in [0, 0.05) is 25.9 Å². The van der Waals surface area contributed by atoms with E-state index in [1.54, 1.807) is 31.0 Å². The van der Waals surface area contributed by atoms with Gasteiger partial charge in [0.15, 0.2) is 0 Å². The van der Waals surface area contributed by atoms with Crippen LogP contribution in [-0.4, -0.2) is 36.7 Å². The summed E-state index contributed by atoms with van der Waals surface area (Å²) in [6.07, 6.45) is 3.80. The molecule has 9 heteroatoms. The Balaban J connectivity index is 1.64. The fourth-order valence-electron chi connectivity index (χ4n) is 3.26. The first-order valence-electron chi connectivity index (χ1n) is 9.35. The van der Waals surface area contributed by atoms with Crippen molar-refractivity contribution >= 4 is 0 Å². The summed E-state index contributed by atoms with van der Waals surface area (Å²) in [5.74, 6) is 1.35. The molecule has 0 saturated heterocycles. The maximum absolute atomic E-state index is 12.3. The minimum Gasteiger partial charge on any atom is -0.496 e. The van der Waals surface area contributed by atoms with Crippen molar-refractivity contribution in [2.75, 3.05) is 7.11 Å². The summed E-state index contributed by atoms with van der Waals surface area (Å²) in [6.45, 7) is 2.20. The molecule has 0 saturated carbocycles. The van der Waals surface area contributed by atoms with Crippen molar-refractivity contribution in [3.05, 3.63) is 70.4 Å². The standard InChI is InChI=1S/C21H22N6O3/c1-14-10-15(16-11-22-25(2)12-16)8-9-19(14)30-13-17-18(6-5-7-20(17)29-4)27-21(28)26(3)23-24-27/h5-12H,13H2,1-4H3. The van der Waals surface area contributed by atoms with Gasteiger partial charge in [-0.3, -0.25) is 4.68 Å². The number of hydrogen-bond acceptors (Lipinski definition) is 6. The predicted molar refractivity (Wildman–Crippen MR) is 111 cm³/mol. The molecule has 0 bridgehead atoms. The molecule has 0 spiro atoms. The number of aryl methyl sites for hydroxylation is 3. The molecule has 0 aliphatic rings. The Bertz CT molecular complexity index is 1250. The van der Waals surface area contributed by atoms with Crippen LogP contribution in [0.4, 0.5) is 0 Å². The zero-order chi connectivity index (χ0) is 21.3. The molecule has 0 unspecified atom stereocenters. The summed E-state index contributed by atoms with van der Waals surface area (Å²) in [4.78, 5) is 12.3. The number of benzene rings is 2. The fourth-order valence-corrected chi connectivity index (χ4v) is 3.26. The van der Waals surface area contributed by atoms with Crippen LogP contribution in [0, 0.1) is 6.92 Å². The Morgan fingerprint density at radius 3 is 2.50 bits per heavy atom. The van der Waals surface area contributed by atoms with E-state index in [-0.39, 0.29) is 12.3 Å². The molecule has 0 amide bonds. The van der Waals surface area contributed by atoms with Gasteiger partial charge in [0.2, 0.25) is 0 Å². The molecule has 9 nitrogen and oxygen atoms in total. The van der Waals surface area contributed by atoms with E-state index in [1.165, 1.54) is 9.36 Å². The molecule has 2 aromatic heterocycles. The Kier molecular flexibility index (Phi) is 5.09. The lowest BCUT2D eigenvalue weighted by molar-refractivity contribution is 0.294. The third kappa shape index (κ3) is 3.57. The van der Waals surface area contributed by atoms with Crippen molar-refractivity contribution in [1.82, 2.24) is 29.6 Å². The Morgan fingerprint density at radius 2 is 1.87 bits per heavy atom. The van der Waals surface area contributed by atoms with Crippen LogP contribution in [0.2, 0.25) is 0 Å². The molecule has 4 rings (SSSR count). The van der Waals surface area contributed by atoms with Crippen LogP contribution >= 0.6 is 0 Å². The van der Waals surface area contributed by atoms with E-state index >= 15 is 0 Å². The third-order valence-corrected chi connectivity index (χ3v) is 4.86. The van der Waals surface area contributed by atoms with Gasteiger partial charge < -0.3 is 9.47 Å². The second-order valence-electron chi connectivity index (χ2n) is 6.93. The van der Waals surface area contributed by atoms with Crippen molar-refractivity contribution in [1.29, 1.82) is 0 Å². The molecule has 0 atom stereocenters. The SMILES string of the molecule is COc1cccc(-n2nnn(C)c2=O)c1COc1ccc(-c2cnn(C)c2)cc1C. The van der Waals surface area contributed by atoms with Crippen LogP contribution in [0.1, 0.15) is 11.1 Å². The van der Waals surface area contributed by atoms with Gasteiger partial charge in [0.25, 0.3) is 0 Å². The number of methoxy groups -OCH3 is 1. The van der Waals surface area contributed by atoms with Crippen LogP contribution in [0.5, 0.6) is 11.5 Å². The number of ether oxygens (including phenoxy) is 2. The highest BCUT2D eigenvalue weighted by molar-refractivity contribution is 5.64. The molecule has 0 N–H and O–H groups in total. The number of aromatic nitrogens is 6. The average Bonchev–Trinajstić information content (AvgIpc) is 3.32. The van der Waals surface area contributed by atoms with Crippen molar-refractivity contribution in [3.63, 3.8) is 0 Å². The second kappa shape index (κ2) is 7.86. The van der Waals surface area contributed by atoms with Crippen LogP contribution in [-0.2, 0) is 20.7 Å². The van der Waals surface area contributed by atoms with E-state index in [0.29, 0.717) is 17.0 Å². The van der Waals surface area contributed by atoms with Crippen molar-refractivity contribution in [2.24, 2.45) is 14.1 Å². The fraction of sp³-hybridized carbons (Fsp3) is 0.238. The van der Waals surface area contributed by atoms with Gasteiger partial charge >= 0.3 is 5.69 Å². The average molecular weight is 406 g/mol. The molecule has 0 aliphatic heterocycles. The topological polar surface area (TPSA) is 89.0 Å². The lowest BCUT2D eigenvalue weighted by Crippen LogP contribution is -2.23. The second-order valence-corrected chi connectivity index (χ2v) is 6.93. The van der Waals surface area contributed by atoms with Crippen LogP contribution in [0.15, 0.2) is 53.6 Å². The summed E-state index contributed by atoms with van der Waals surface area (Å²) < 4.78 is 15.8. The van der Waals surface area contributed by atoms with Gasteiger partial charge in [0.05, 0.1) is 24.6 Å². The van der Waals surface area contributed by atoms with Gasteiger partial charge in [-0.1, -0.05) is 12.1 Å². The quantitative estimate of drug-likeness (QED) is 0.488. The van der Waals surface area contributed by atoms with E-state index < -0.39 is 0 Å². The first-order valence-corrected chi connectivity index (χ1v) is 9.35. The molecule has 0 aliphatic carbocycles. The molecular weight excluding hydrogens is 384 g/mol. The normalized spacial score (nSPS) is 10.9. The van der Waals surface area contributed by atoms with Crippen LogP contribution in [0.3, 0.4) is 0 Å². The highest BCUT2D eigenvalue weighted by Crippen LogP contribution is 2.29. The Morgan fingerprint density at radius 1 is 1.03 bits per heavy atom. The number of hydrogen-bond donors (Lipinski definition) is 0. The molecule has 0 radical (unpaired) electrons.